The van der Waals surface area contributed by atoms with Gasteiger partial charge in [-0.2, -0.15) is 9.30 Å². The van der Waals surface area contributed by atoms with Gasteiger partial charge in [-0.25, -0.2) is 17.2 Å². The van der Waals surface area contributed by atoms with Crippen molar-refractivity contribution in [2.75, 3.05) is 26.3 Å². The van der Waals surface area contributed by atoms with Gasteiger partial charge in [-0.15, -0.1) is 0 Å². The van der Waals surface area contributed by atoms with Gasteiger partial charge < -0.3 is 9.30 Å². The molecule has 2 heterocycles. The van der Waals surface area contributed by atoms with Crippen LogP contribution in [0.2, 0.25) is 0 Å². The van der Waals surface area contributed by atoms with E-state index in [1.165, 1.54) is 46.3 Å². The van der Waals surface area contributed by atoms with Gasteiger partial charge in [0.15, 0.2) is 10.6 Å². The van der Waals surface area contributed by atoms with E-state index < -0.39 is 27.6 Å². The zero-order chi connectivity index (χ0) is 21.5. The van der Waals surface area contributed by atoms with Crippen molar-refractivity contribution in [1.29, 1.82) is 0 Å². The zero-order valence-electron chi connectivity index (χ0n) is 15.8. The van der Waals surface area contributed by atoms with Crippen LogP contribution < -0.4 is 4.80 Å². The number of sulfonamides is 1. The van der Waals surface area contributed by atoms with E-state index >= 15 is 0 Å². The minimum absolute atomic E-state index is 0.0749. The lowest BCUT2D eigenvalue weighted by molar-refractivity contribution is 0.0730. The molecule has 1 amide bonds. The number of rotatable bonds is 3. The second-order valence-electron chi connectivity index (χ2n) is 6.64. The van der Waals surface area contributed by atoms with Gasteiger partial charge in [0.05, 0.1) is 28.3 Å². The van der Waals surface area contributed by atoms with Crippen molar-refractivity contribution in [3.63, 3.8) is 0 Å². The smallest absolute Gasteiger partial charge is 0.279 e. The van der Waals surface area contributed by atoms with Crippen molar-refractivity contribution in [2.24, 2.45) is 12.0 Å². The van der Waals surface area contributed by atoms with Gasteiger partial charge in [-0.3, -0.25) is 4.79 Å². The van der Waals surface area contributed by atoms with Crippen molar-refractivity contribution >= 4 is 37.5 Å². The third-order valence-corrected chi connectivity index (χ3v) is 7.71. The number of thiazole rings is 1. The summed E-state index contributed by atoms with van der Waals surface area (Å²) in [6.45, 7) is 1.23. The van der Waals surface area contributed by atoms with Gasteiger partial charge in [-0.05, 0) is 30.3 Å². The number of hydrogen-bond acceptors (Lipinski definition) is 5. The predicted molar refractivity (Wildman–Crippen MR) is 107 cm³/mol. The number of aromatic nitrogens is 1. The maximum atomic E-state index is 14.0. The number of ether oxygens (including phenoxy) is 1. The maximum Gasteiger partial charge on any atom is 0.279 e. The highest BCUT2D eigenvalue weighted by atomic mass is 32.2. The molecule has 0 bridgehead atoms. The molecule has 0 atom stereocenters. The second kappa shape index (κ2) is 7.99. The van der Waals surface area contributed by atoms with Crippen molar-refractivity contribution in [2.45, 2.75) is 4.90 Å². The van der Waals surface area contributed by atoms with Crippen LogP contribution in [0.4, 0.5) is 8.78 Å². The van der Waals surface area contributed by atoms with Crippen molar-refractivity contribution in [1.82, 2.24) is 8.87 Å². The lowest BCUT2D eigenvalue weighted by Gasteiger charge is -2.26. The monoisotopic (exact) mass is 453 g/mol. The molecule has 0 saturated carbocycles. The molecule has 1 fully saturated rings. The summed E-state index contributed by atoms with van der Waals surface area (Å²) in [5, 5.41) is 0. The first-order chi connectivity index (χ1) is 14.3. The molecule has 158 valence electrons. The molecule has 30 heavy (non-hydrogen) atoms. The quantitative estimate of drug-likeness (QED) is 0.610. The molecule has 2 aromatic carbocycles. The fraction of sp³-hybridized carbons (Fsp3) is 0.263. The number of hydrogen-bond donors (Lipinski definition) is 0. The molecule has 4 rings (SSSR count). The number of nitrogens with zero attached hydrogens (tertiary/aromatic N) is 3. The van der Waals surface area contributed by atoms with Crippen LogP contribution in [-0.2, 0) is 21.8 Å². The van der Waals surface area contributed by atoms with Gasteiger partial charge in [0.2, 0.25) is 10.0 Å². The van der Waals surface area contributed by atoms with E-state index in [2.05, 4.69) is 4.99 Å². The van der Waals surface area contributed by atoms with Crippen LogP contribution in [0.15, 0.2) is 46.3 Å². The number of carbonyl (C=O) groups excluding carboxylic acids is 1. The zero-order valence-corrected chi connectivity index (χ0v) is 17.5. The molecule has 0 spiro atoms. The Labute approximate surface area is 174 Å². The van der Waals surface area contributed by atoms with E-state index in [4.69, 9.17) is 4.74 Å². The van der Waals surface area contributed by atoms with E-state index in [0.29, 0.717) is 17.9 Å². The third kappa shape index (κ3) is 3.81. The van der Waals surface area contributed by atoms with Gasteiger partial charge in [-0.1, -0.05) is 11.3 Å². The van der Waals surface area contributed by atoms with E-state index in [1.54, 1.807) is 0 Å². The third-order valence-electron chi connectivity index (χ3n) is 4.72. The second-order valence-corrected chi connectivity index (χ2v) is 9.58. The first kappa shape index (κ1) is 20.8. The Hall–Kier alpha value is -2.47. The number of benzene rings is 2. The molecular formula is C19H17F2N3O4S2. The van der Waals surface area contributed by atoms with Crippen LogP contribution in [0.1, 0.15) is 10.4 Å². The van der Waals surface area contributed by atoms with E-state index in [0.717, 1.165) is 17.4 Å². The summed E-state index contributed by atoms with van der Waals surface area (Å²) in [6.07, 6.45) is 0. The molecule has 1 aromatic heterocycles. The summed E-state index contributed by atoms with van der Waals surface area (Å²) in [7, 11) is -2.13. The van der Waals surface area contributed by atoms with Crippen LogP contribution >= 0.6 is 11.3 Å². The topological polar surface area (TPSA) is 81.0 Å². The average Bonchev–Trinajstić information content (AvgIpc) is 3.03. The Balaban J connectivity index is 1.64. The van der Waals surface area contributed by atoms with Gasteiger partial charge in [0.1, 0.15) is 5.82 Å². The number of halogens is 2. The molecule has 3 aromatic rings. The van der Waals surface area contributed by atoms with Gasteiger partial charge >= 0.3 is 0 Å². The van der Waals surface area contributed by atoms with Crippen LogP contribution in [0.5, 0.6) is 0 Å². The molecule has 11 heteroatoms. The number of amides is 1. The molecule has 1 saturated heterocycles. The minimum Gasteiger partial charge on any atom is -0.379 e. The molecule has 1 aliphatic heterocycles. The Morgan fingerprint density at radius 1 is 1.13 bits per heavy atom. The molecule has 1 aliphatic rings. The highest BCUT2D eigenvalue weighted by molar-refractivity contribution is 7.89. The molecule has 0 N–H and O–H groups in total. The first-order valence-corrected chi connectivity index (χ1v) is 11.2. The Kier molecular flexibility index (Phi) is 5.53. The number of aryl methyl sites for hydroxylation is 1. The minimum atomic E-state index is -3.66. The van der Waals surface area contributed by atoms with Crippen molar-refractivity contribution < 1.29 is 26.7 Å². The van der Waals surface area contributed by atoms with E-state index in [-0.39, 0.29) is 33.9 Å². The van der Waals surface area contributed by atoms with E-state index in [9.17, 15) is 22.0 Å². The summed E-state index contributed by atoms with van der Waals surface area (Å²) in [6, 6.07) is 7.42. The standard InChI is InChI=1S/C19H17F2N3O4S2/c1-23-17-15(21)10-13(20)11-16(17)29-19(23)22-18(25)12-2-4-14(5-3-12)30(26,27)24-6-8-28-9-7-24/h2-5,10-11H,6-9H2,1H3. The highest BCUT2D eigenvalue weighted by Gasteiger charge is 2.26. The predicted octanol–water partition coefficient (Wildman–Crippen LogP) is 2.28. The lowest BCUT2D eigenvalue weighted by Crippen LogP contribution is -2.40. The maximum absolute atomic E-state index is 14.0. The average molecular weight is 453 g/mol. The summed E-state index contributed by atoms with van der Waals surface area (Å²) in [5.41, 5.74) is 0.333. The fourth-order valence-electron chi connectivity index (χ4n) is 3.16. The van der Waals surface area contributed by atoms with E-state index in [1.807, 2.05) is 0 Å². The van der Waals surface area contributed by atoms with Crippen LogP contribution in [0.3, 0.4) is 0 Å². The van der Waals surface area contributed by atoms with Gasteiger partial charge in [0, 0.05) is 31.8 Å². The summed E-state index contributed by atoms with van der Waals surface area (Å²) in [4.78, 5) is 16.8. The number of carbonyl (C=O) groups is 1. The molecule has 0 radical (unpaired) electrons. The molecule has 0 unspecified atom stereocenters. The van der Waals surface area contributed by atoms with Crippen molar-refractivity contribution in [3.05, 3.63) is 58.4 Å². The summed E-state index contributed by atoms with van der Waals surface area (Å²) >= 11 is 0.982. The van der Waals surface area contributed by atoms with Crippen LogP contribution in [-0.4, -0.2) is 49.5 Å². The first-order valence-electron chi connectivity index (χ1n) is 8.99. The van der Waals surface area contributed by atoms with Gasteiger partial charge in [0.25, 0.3) is 5.91 Å². The van der Waals surface area contributed by atoms with Crippen LogP contribution in [0.25, 0.3) is 10.2 Å². The Morgan fingerprint density at radius 2 is 1.80 bits per heavy atom. The Bertz CT molecular complexity index is 1290. The number of fused-ring (bicyclic) bond motifs is 1. The molecule has 0 aliphatic carbocycles. The molecular weight excluding hydrogens is 436 g/mol. The molecule has 7 nitrogen and oxygen atoms in total. The lowest BCUT2D eigenvalue weighted by atomic mass is 10.2. The SMILES string of the molecule is Cn1c(=NC(=O)c2ccc(S(=O)(=O)N3CCOCC3)cc2)sc2cc(F)cc(F)c21. The van der Waals surface area contributed by atoms with Crippen LogP contribution in [0, 0.1) is 11.6 Å². The normalized spacial score (nSPS) is 16.3. The highest BCUT2D eigenvalue weighted by Crippen LogP contribution is 2.22. The number of morpholine rings is 1. The summed E-state index contributed by atoms with van der Waals surface area (Å²) < 4.78 is 61.0. The fourth-order valence-corrected chi connectivity index (χ4v) is 5.63. The summed E-state index contributed by atoms with van der Waals surface area (Å²) in [5.74, 6) is -2.07. The largest absolute Gasteiger partial charge is 0.379 e. The van der Waals surface area contributed by atoms with Crippen molar-refractivity contribution in [3.8, 4) is 0 Å². The Morgan fingerprint density at radius 3 is 2.47 bits per heavy atom.